The molecule has 0 aromatic heterocycles. The molecule has 30 heavy (non-hydrogen) atoms. The highest BCUT2D eigenvalue weighted by Gasteiger charge is 2.91. The van der Waals surface area contributed by atoms with Crippen LogP contribution in [0.5, 0.6) is 0 Å². The summed E-state index contributed by atoms with van der Waals surface area (Å²) in [6, 6.07) is 12.0. The van der Waals surface area contributed by atoms with Gasteiger partial charge < -0.3 is 0 Å². The molecule has 0 spiro atoms. The molecule has 176 valence electrons. The van der Waals surface area contributed by atoms with Gasteiger partial charge in [0.2, 0.25) is 4.18 Å². The Hall–Kier alpha value is -1.10. The molecule has 1 aromatic rings. The molecule has 0 aliphatic heterocycles. The van der Waals surface area contributed by atoms with Crippen LogP contribution in [0.3, 0.4) is 0 Å². The topological polar surface area (TPSA) is 0 Å². The first-order valence-corrected chi connectivity index (χ1v) is 8.21. The fraction of sp³-hybridized carbons (Fsp3) is 0.571. The number of hydrogen-bond acceptors (Lipinski definition) is 0. The van der Waals surface area contributed by atoms with Crippen LogP contribution in [-0.2, 0) is 0 Å². The summed E-state index contributed by atoms with van der Waals surface area (Å²) in [7, 11) is 0. The van der Waals surface area contributed by atoms with E-state index in [1.54, 1.807) is 0 Å². The van der Waals surface area contributed by atoms with Gasteiger partial charge in [-0.3, -0.25) is 0 Å². The predicted molar refractivity (Wildman–Crippen MR) is 81.0 cm³/mol. The fourth-order valence-corrected chi connectivity index (χ4v) is 1.86. The van der Waals surface area contributed by atoms with E-state index >= 15 is 0 Å². The maximum absolute atomic E-state index is 12.9. The van der Waals surface area contributed by atoms with Gasteiger partial charge in [0.05, 0.1) is 0 Å². The van der Waals surface area contributed by atoms with Crippen LogP contribution in [0.2, 0.25) is 0 Å². The minimum Gasteiger partial charge on any atom is -0.229 e. The summed E-state index contributed by atoms with van der Waals surface area (Å²) in [5.41, 5.74) is 0. The molecule has 0 amide bonds. The van der Waals surface area contributed by atoms with Crippen molar-refractivity contribution in [2.45, 2.75) is 46.1 Å². The van der Waals surface area contributed by atoms with Gasteiger partial charge in [0.25, 0.3) is 0 Å². The highest BCUT2D eigenvalue weighted by molar-refractivity contribution is 14.1. The molecule has 0 nitrogen and oxygen atoms in total. The van der Waals surface area contributed by atoms with Gasteiger partial charge in [0, 0.05) is 0 Å². The summed E-state index contributed by atoms with van der Waals surface area (Å²) < 4.78 is 184. The Morgan fingerprint density at radius 1 is 0.433 bits per heavy atom. The van der Waals surface area contributed by atoms with Crippen molar-refractivity contribution in [3.05, 3.63) is 36.4 Å². The molecule has 0 saturated carbocycles. The molecule has 16 heteroatoms. The van der Waals surface area contributed by atoms with Crippen LogP contribution in [-0.4, -0.2) is 46.1 Å². The summed E-state index contributed by atoms with van der Waals surface area (Å²) in [5.74, 6) is -45.7. The Balaban J connectivity index is 0.00000118. The molecule has 1 rings (SSSR count). The largest absolute Gasteiger partial charge is 0.384 e. The lowest BCUT2D eigenvalue weighted by Crippen LogP contribution is -2.72. The number of benzene rings is 1. The zero-order valence-corrected chi connectivity index (χ0v) is 15.8. The maximum Gasteiger partial charge on any atom is 0.384 e. The van der Waals surface area contributed by atoms with Crippen LogP contribution < -0.4 is 0 Å². The summed E-state index contributed by atoms with van der Waals surface area (Å²) in [5, 5.41) is 0. The fourth-order valence-electron chi connectivity index (χ4n) is 1.47. The van der Waals surface area contributed by atoms with Crippen LogP contribution in [0.4, 0.5) is 65.9 Å². The lowest BCUT2D eigenvalue weighted by atomic mass is 9.92. The minimum absolute atomic E-state index is 0.304. The summed E-state index contributed by atoms with van der Waals surface area (Å²) in [6.45, 7) is 0. The van der Waals surface area contributed by atoms with E-state index in [1.165, 1.54) is 0 Å². The van der Waals surface area contributed by atoms with Crippen LogP contribution in [0, 0.1) is 0 Å². The van der Waals surface area contributed by atoms with Gasteiger partial charge in [-0.05, 0) is 22.6 Å². The molecule has 0 aliphatic rings. The third kappa shape index (κ3) is 4.71. The monoisotopic (exact) mass is 588 g/mol. The van der Waals surface area contributed by atoms with Gasteiger partial charge in [0.15, 0.2) is 0 Å². The van der Waals surface area contributed by atoms with Crippen molar-refractivity contribution in [2.75, 3.05) is 0 Å². The van der Waals surface area contributed by atoms with Gasteiger partial charge in [-0.25, -0.2) is 13.2 Å². The first-order chi connectivity index (χ1) is 13.1. The lowest BCUT2D eigenvalue weighted by molar-refractivity contribution is -0.433. The molecule has 0 radical (unpaired) electrons. The highest BCUT2D eigenvalue weighted by Crippen LogP contribution is 2.61. The smallest absolute Gasteiger partial charge is 0.229 e. The third-order valence-corrected chi connectivity index (χ3v) is 4.02. The van der Waals surface area contributed by atoms with E-state index in [0.717, 1.165) is 0 Å². The standard InChI is InChI=1S/C8H2F15I.C6H6/c9-1(10)3(12,13)5(16,17)7(20,21)8(22,23)6(18,19)4(14,15)2(11)24;1-2-4-6-5-3-1/h1-2H;1-6H. The average molecular weight is 588 g/mol. The molecule has 0 fully saturated rings. The summed E-state index contributed by atoms with van der Waals surface area (Å²) >= 11 is -0.304. The number of hydrogen-bond donors (Lipinski definition) is 0. The molecule has 0 saturated heterocycles. The molecule has 0 bridgehead atoms. The second-order valence-electron chi connectivity index (χ2n) is 5.30. The summed E-state index contributed by atoms with van der Waals surface area (Å²) in [6.07, 6.45) is -5.75. The normalized spacial score (nSPS) is 15.5. The number of rotatable bonds is 7. The van der Waals surface area contributed by atoms with Crippen molar-refractivity contribution in [1.29, 1.82) is 0 Å². The van der Waals surface area contributed by atoms with Gasteiger partial charge in [-0.2, -0.15) is 52.7 Å². The summed E-state index contributed by atoms with van der Waals surface area (Å²) in [4.78, 5) is 0. The van der Waals surface area contributed by atoms with Gasteiger partial charge in [-0.15, -0.1) is 0 Å². The van der Waals surface area contributed by atoms with Crippen molar-refractivity contribution in [3.63, 3.8) is 0 Å². The molecular weight excluding hydrogens is 580 g/mol. The van der Waals surface area contributed by atoms with Crippen molar-refractivity contribution in [3.8, 4) is 0 Å². The van der Waals surface area contributed by atoms with E-state index in [-0.39, 0.29) is 22.6 Å². The van der Waals surface area contributed by atoms with Crippen molar-refractivity contribution in [2.24, 2.45) is 0 Å². The third-order valence-electron chi connectivity index (χ3n) is 3.24. The molecular formula is C14H8F15I. The quantitative estimate of drug-likeness (QED) is 0.176. The van der Waals surface area contributed by atoms with Crippen LogP contribution in [0.1, 0.15) is 0 Å². The number of alkyl halides is 16. The van der Waals surface area contributed by atoms with E-state index in [0.29, 0.717) is 0 Å². The highest BCUT2D eigenvalue weighted by atomic mass is 127. The SMILES string of the molecule is FC(F)C(F)(F)C(F)(F)C(F)(F)C(F)(F)C(F)(F)C(F)(F)C(F)I.c1ccccc1. The van der Waals surface area contributed by atoms with E-state index < -0.39 is 46.1 Å². The molecule has 1 aromatic carbocycles. The molecule has 1 unspecified atom stereocenters. The van der Waals surface area contributed by atoms with Crippen molar-refractivity contribution < 1.29 is 65.9 Å². The van der Waals surface area contributed by atoms with Crippen molar-refractivity contribution >= 4 is 22.6 Å². The van der Waals surface area contributed by atoms with Crippen LogP contribution in [0.25, 0.3) is 0 Å². The van der Waals surface area contributed by atoms with E-state index in [2.05, 4.69) is 0 Å². The Morgan fingerprint density at radius 3 is 0.867 bits per heavy atom. The molecule has 1 atom stereocenters. The first-order valence-electron chi connectivity index (χ1n) is 6.97. The molecule has 0 N–H and O–H groups in total. The minimum atomic E-state index is -8.11. The zero-order chi connectivity index (χ0) is 24.4. The Morgan fingerprint density at radius 2 is 0.667 bits per heavy atom. The van der Waals surface area contributed by atoms with Crippen LogP contribution in [0.15, 0.2) is 36.4 Å². The Kier molecular flexibility index (Phi) is 8.84. The zero-order valence-electron chi connectivity index (χ0n) is 13.7. The molecule has 0 aliphatic carbocycles. The predicted octanol–water partition coefficient (Wildman–Crippen LogP) is 7.48. The van der Waals surface area contributed by atoms with Crippen molar-refractivity contribution in [1.82, 2.24) is 0 Å². The van der Waals surface area contributed by atoms with Gasteiger partial charge >= 0.3 is 42.0 Å². The van der Waals surface area contributed by atoms with Crippen LogP contribution >= 0.6 is 22.6 Å². The average Bonchev–Trinajstić information content (AvgIpc) is 2.62. The van der Waals surface area contributed by atoms with E-state index in [4.69, 9.17) is 0 Å². The van der Waals surface area contributed by atoms with Gasteiger partial charge in [0.1, 0.15) is 0 Å². The first kappa shape index (κ1) is 28.9. The Bertz CT molecular complexity index is 588. The van der Waals surface area contributed by atoms with Gasteiger partial charge in [-0.1, -0.05) is 36.4 Å². The second-order valence-corrected chi connectivity index (χ2v) is 6.39. The Labute approximate surface area is 171 Å². The molecule has 0 heterocycles. The van der Waals surface area contributed by atoms with E-state index in [1.807, 2.05) is 36.4 Å². The number of halogens is 16. The second kappa shape index (κ2) is 9.18. The maximum atomic E-state index is 12.9. The lowest BCUT2D eigenvalue weighted by Gasteiger charge is -2.41. The van der Waals surface area contributed by atoms with E-state index in [9.17, 15) is 65.9 Å².